The number of pyridine rings is 2. The van der Waals surface area contributed by atoms with Crippen molar-refractivity contribution >= 4 is 16.9 Å². The first-order valence-corrected chi connectivity index (χ1v) is 5.67. The molecule has 0 aliphatic rings. The summed E-state index contributed by atoms with van der Waals surface area (Å²) in [4.78, 5) is 8.60. The molecular weight excluding hydrogens is 226 g/mol. The molecule has 0 bridgehead atoms. The van der Waals surface area contributed by atoms with E-state index >= 15 is 0 Å². The number of rotatable bonds is 1. The molecule has 0 saturated carbocycles. The Morgan fingerprint density at radius 2 is 1.94 bits per heavy atom. The molecule has 0 aliphatic heterocycles. The zero-order valence-electron chi connectivity index (χ0n) is 10.3. The average molecular weight is 239 g/mol. The Balaban J connectivity index is 2.31. The van der Waals surface area contributed by atoms with Crippen LogP contribution < -0.4 is 5.73 Å². The van der Waals surface area contributed by atoms with Crippen molar-refractivity contribution in [3.05, 3.63) is 36.3 Å². The minimum Gasteiger partial charge on any atom is -0.382 e. The third-order valence-corrected chi connectivity index (χ3v) is 3.02. The van der Waals surface area contributed by atoms with Crippen LogP contribution >= 0.6 is 0 Å². The maximum absolute atomic E-state index is 5.89. The summed E-state index contributed by atoms with van der Waals surface area (Å²) in [5, 5.41) is 5.07. The molecule has 5 heteroatoms. The van der Waals surface area contributed by atoms with Crippen molar-refractivity contribution in [3.8, 4) is 11.1 Å². The van der Waals surface area contributed by atoms with Crippen LogP contribution in [0.4, 0.5) is 5.82 Å². The minimum atomic E-state index is 0.510. The van der Waals surface area contributed by atoms with Crippen LogP contribution in [0, 0.1) is 6.92 Å². The number of hydrogen-bond acceptors (Lipinski definition) is 4. The van der Waals surface area contributed by atoms with Gasteiger partial charge in [-0.2, -0.15) is 5.10 Å². The van der Waals surface area contributed by atoms with E-state index in [1.807, 2.05) is 32.2 Å². The van der Waals surface area contributed by atoms with Gasteiger partial charge >= 0.3 is 0 Å². The molecule has 0 spiro atoms. The summed E-state index contributed by atoms with van der Waals surface area (Å²) in [7, 11) is 1.84. The molecule has 0 amide bonds. The van der Waals surface area contributed by atoms with Crippen molar-refractivity contribution in [1.29, 1.82) is 0 Å². The molecule has 18 heavy (non-hydrogen) atoms. The molecule has 0 radical (unpaired) electrons. The van der Waals surface area contributed by atoms with E-state index in [1.54, 1.807) is 17.1 Å². The first-order chi connectivity index (χ1) is 8.66. The summed E-state index contributed by atoms with van der Waals surface area (Å²) < 4.78 is 1.70. The molecule has 5 nitrogen and oxygen atoms in total. The highest BCUT2D eigenvalue weighted by atomic mass is 15.3. The molecule has 3 aromatic rings. The monoisotopic (exact) mass is 239 g/mol. The van der Waals surface area contributed by atoms with Gasteiger partial charge in [-0.05, 0) is 30.7 Å². The predicted octanol–water partition coefficient (Wildman–Crippen LogP) is 1.92. The molecule has 2 N–H and O–H groups in total. The number of nitrogens with two attached hydrogens (primary N) is 1. The van der Waals surface area contributed by atoms with Crippen molar-refractivity contribution in [3.63, 3.8) is 0 Å². The zero-order valence-corrected chi connectivity index (χ0v) is 10.3. The number of hydrogen-bond donors (Lipinski definition) is 1. The highest BCUT2D eigenvalue weighted by Crippen LogP contribution is 2.27. The molecule has 0 unspecified atom stereocenters. The van der Waals surface area contributed by atoms with Gasteiger partial charge < -0.3 is 5.73 Å². The third kappa shape index (κ3) is 1.52. The topological polar surface area (TPSA) is 69.6 Å². The molecule has 0 saturated heterocycles. The quantitative estimate of drug-likeness (QED) is 0.704. The lowest BCUT2D eigenvalue weighted by atomic mass is 10.0. The largest absolute Gasteiger partial charge is 0.382 e. The van der Waals surface area contributed by atoms with E-state index in [4.69, 9.17) is 5.73 Å². The Morgan fingerprint density at radius 3 is 2.67 bits per heavy atom. The summed E-state index contributed by atoms with van der Waals surface area (Å²) in [5.74, 6) is 0.510. The fourth-order valence-corrected chi connectivity index (χ4v) is 2.11. The van der Waals surface area contributed by atoms with Gasteiger partial charge in [-0.1, -0.05) is 0 Å². The van der Waals surface area contributed by atoms with Crippen LogP contribution in [-0.4, -0.2) is 19.7 Å². The number of aromatic nitrogens is 4. The van der Waals surface area contributed by atoms with Gasteiger partial charge in [-0.3, -0.25) is 4.98 Å². The lowest BCUT2D eigenvalue weighted by molar-refractivity contribution is 0.789. The second kappa shape index (κ2) is 3.80. The van der Waals surface area contributed by atoms with Gasteiger partial charge in [-0.25, -0.2) is 9.67 Å². The predicted molar refractivity (Wildman–Crippen MR) is 70.9 cm³/mol. The van der Waals surface area contributed by atoms with Crippen LogP contribution in [0.25, 0.3) is 22.2 Å². The van der Waals surface area contributed by atoms with Crippen molar-refractivity contribution in [2.75, 3.05) is 5.73 Å². The Morgan fingerprint density at radius 1 is 1.22 bits per heavy atom. The molecule has 90 valence electrons. The lowest BCUT2D eigenvalue weighted by Gasteiger charge is -2.05. The van der Waals surface area contributed by atoms with Crippen molar-refractivity contribution < 1.29 is 0 Å². The van der Waals surface area contributed by atoms with Crippen LogP contribution in [0.3, 0.4) is 0 Å². The third-order valence-electron chi connectivity index (χ3n) is 3.02. The molecule has 0 aromatic carbocycles. The fourth-order valence-electron chi connectivity index (χ4n) is 2.11. The summed E-state index contributed by atoms with van der Waals surface area (Å²) in [6.07, 6.45) is 3.54. The van der Waals surface area contributed by atoms with E-state index in [9.17, 15) is 0 Å². The summed E-state index contributed by atoms with van der Waals surface area (Å²) in [6, 6.07) is 5.96. The molecule has 3 rings (SSSR count). The fraction of sp³-hybridized carbons (Fsp3) is 0.154. The Kier molecular flexibility index (Phi) is 2.26. The van der Waals surface area contributed by atoms with Gasteiger partial charge in [0.05, 0.1) is 5.39 Å². The highest BCUT2D eigenvalue weighted by molar-refractivity contribution is 5.90. The molecule has 0 aliphatic carbocycles. The SMILES string of the molecule is Cc1nc2c(cc1-c1ccncc1)c(N)nn2C. The Labute approximate surface area is 104 Å². The Hall–Kier alpha value is -2.43. The number of anilines is 1. The molecule has 0 fully saturated rings. The van der Waals surface area contributed by atoms with Crippen molar-refractivity contribution in [2.45, 2.75) is 6.92 Å². The lowest BCUT2D eigenvalue weighted by Crippen LogP contribution is -1.95. The van der Waals surface area contributed by atoms with Crippen LogP contribution in [0.1, 0.15) is 5.69 Å². The van der Waals surface area contributed by atoms with E-state index in [-0.39, 0.29) is 0 Å². The smallest absolute Gasteiger partial charge is 0.159 e. The van der Waals surface area contributed by atoms with Crippen LogP contribution in [0.5, 0.6) is 0 Å². The minimum absolute atomic E-state index is 0.510. The summed E-state index contributed by atoms with van der Waals surface area (Å²) in [6.45, 7) is 1.98. The molecular formula is C13H13N5. The van der Waals surface area contributed by atoms with E-state index in [1.165, 1.54) is 0 Å². The second-order valence-corrected chi connectivity index (χ2v) is 4.24. The summed E-state index contributed by atoms with van der Waals surface area (Å²) in [5.41, 5.74) is 9.80. The highest BCUT2D eigenvalue weighted by Gasteiger charge is 2.11. The first-order valence-electron chi connectivity index (χ1n) is 5.67. The number of aryl methyl sites for hydroxylation is 2. The first kappa shape index (κ1) is 10.7. The maximum Gasteiger partial charge on any atom is 0.159 e. The number of nitrogens with zero attached hydrogens (tertiary/aromatic N) is 4. The second-order valence-electron chi connectivity index (χ2n) is 4.24. The van der Waals surface area contributed by atoms with Gasteiger partial charge in [0.15, 0.2) is 11.5 Å². The van der Waals surface area contributed by atoms with Crippen LogP contribution in [-0.2, 0) is 7.05 Å². The van der Waals surface area contributed by atoms with Gasteiger partial charge in [0, 0.05) is 30.7 Å². The van der Waals surface area contributed by atoms with E-state index in [2.05, 4.69) is 15.1 Å². The van der Waals surface area contributed by atoms with E-state index < -0.39 is 0 Å². The molecule has 3 heterocycles. The van der Waals surface area contributed by atoms with Gasteiger partial charge in [0.1, 0.15) is 0 Å². The number of fused-ring (bicyclic) bond motifs is 1. The van der Waals surface area contributed by atoms with Gasteiger partial charge in [0.2, 0.25) is 0 Å². The molecule has 3 aromatic heterocycles. The van der Waals surface area contributed by atoms with E-state index in [0.29, 0.717) is 5.82 Å². The van der Waals surface area contributed by atoms with Gasteiger partial charge in [0.25, 0.3) is 0 Å². The van der Waals surface area contributed by atoms with Gasteiger partial charge in [-0.15, -0.1) is 0 Å². The Bertz CT molecular complexity index is 715. The maximum atomic E-state index is 5.89. The normalized spacial score (nSPS) is 11.0. The van der Waals surface area contributed by atoms with E-state index in [0.717, 1.165) is 27.9 Å². The zero-order chi connectivity index (χ0) is 12.7. The van der Waals surface area contributed by atoms with Crippen molar-refractivity contribution in [1.82, 2.24) is 19.7 Å². The van der Waals surface area contributed by atoms with Crippen molar-refractivity contribution in [2.24, 2.45) is 7.05 Å². The van der Waals surface area contributed by atoms with Crippen LogP contribution in [0.15, 0.2) is 30.6 Å². The molecule has 0 atom stereocenters. The van der Waals surface area contributed by atoms with Crippen LogP contribution in [0.2, 0.25) is 0 Å². The number of nitrogen functional groups attached to an aromatic ring is 1. The standard InChI is InChI=1S/C13H13N5/c1-8-10(9-3-5-15-6-4-9)7-11-12(14)17-18(2)13(11)16-8/h3-7H,1-2H3,(H2,14,17). The summed E-state index contributed by atoms with van der Waals surface area (Å²) >= 11 is 0. The average Bonchev–Trinajstić information content (AvgIpc) is 2.65.